The van der Waals surface area contributed by atoms with Crippen LogP contribution >= 0.6 is 0 Å². The fourth-order valence-corrected chi connectivity index (χ4v) is 2.16. The number of aromatic nitrogens is 2. The van der Waals surface area contributed by atoms with Gasteiger partial charge in [-0.15, -0.1) is 0 Å². The quantitative estimate of drug-likeness (QED) is 0.868. The zero-order chi connectivity index (χ0) is 14.6. The Hall–Kier alpha value is -1.69. The normalized spacial score (nSPS) is 16.8. The Bertz CT molecular complexity index is 447. The van der Waals surface area contributed by atoms with E-state index in [2.05, 4.69) is 20.6 Å². The second kappa shape index (κ2) is 6.17. The molecule has 6 nitrogen and oxygen atoms in total. The van der Waals surface area contributed by atoms with Gasteiger partial charge in [-0.3, -0.25) is 5.32 Å². The molecule has 1 aromatic heterocycles. The average Bonchev–Trinajstić information content (AvgIpc) is 2.38. The molecule has 0 saturated carbocycles. The summed E-state index contributed by atoms with van der Waals surface area (Å²) >= 11 is 0. The maximum atomic E-state index is 11.6. The first kappa shape index (κ1) is 14.7. The Balaban J connectivity index is 1.92. The summed E-state index contributed by atoms with van der Waals surface area (Å²) in [7, 11) is 0. The maximum absolute atomic E-state index is 11.6. The van der Waals surface area contributed by atoms with Gasteiger partial charge in [-0.25, -0.2) is 14.8 Å². The Morgan fingerprint density at radius 1 is 1.30 bits per heavy atom. The third-order valence-corrected chi connectivity index (χ3v) is 3.10. The molecule has 1 aromatic rings. The zero-order valence-electron chi connectivity index (χ0n) is 12.3. The summed E-state index contributed by atoms with van der Waals surface area (Å²) in [6.45, 7) is 7.50. The van der Waals surface area contributed by atoms with Gasteiger partial charge in [0.15, 0.2) is 0 Å². The molecule has 0 aromatic carbocycles. The van der Waals surface area contributed by atoms with Gasteiger partial charge in [0.25, 0.3) is 0 Å². The summed E-state index contributed by atoms with van der Waals surface area (Å²) in [4.78, 5) is 20.0. The van der Waals surface area contributed by atoms with Gasteiger partial charge in [0, 0.05) is 12.4 Å². The summed E-state index contributed by atoms with van der Waals surface area (Å²) in [5.74, 6) is 0.781. The Morgan fingerprint density at radius 3 is 2.45 bits per heavy atom. The highest BCUT2D eigenvalue weighted by Crippen LogP contribution is 2.24. The van der Waals surface area contributed by atoms with Crippen LogP contribution in [0.2, 0.25) is 0 Å². The standard InChI is InChI=1S/C14H22N4O2/c1-14(2,3)20-13(19)18-12-16-8-11(9-17-12)10-4-6-15-7-5-10/h8-10,15H,4-7H2,1-3H3,(H,16,17,18,19). The largest absolute Gasteiger partial charge is 0.444 e. The molecule has 1 amide bonds. The first-order valence-corrected chi connectivity index (χ1v) is 6.97. The summed E-state index contributed by atoms with van der Waals surface area (Å²) in [5, 5.41) is 5.86. The van der Waals surface area contributed by atoms with E-state index >= 15 is 0 Å². The van der Waals surface area contributed by atoms with Gasteiger partial charge in [-0.05, 0) is 58.2 Å². The molecule has 1 saturated heterocycles. The lowest BCUT2D eigenvalue weighted by Crippen LogP contribution is -2.28. The molecule has 0 spiro atoms. The molecule has 110 valence electrons. The molecule has 0 unspecified atom stereocenters. The van der Waals surface area contributed by atoms with Crippen molar-refractivity contribution in [2.24, 2.45) is 0 Å². The minimum absolute atomic E-state index is 0.275. The van der Waals surface area contributed by atoms with Crippen LogP contribution in [0.25, 0.3) is 0 Å². The first-order valence-electron chi connectivity index (χ1n) is 6.97. The van der Waals surface area contributed by atoms with Crippen LogP contribution in [0, 0.1) is 0 Å². The van der Waals surface area contributed by atoms with Crippen molar-refractivity contribution in [1.82, 2.24) is 15.3 Å². The molecule has 2 rings (SSSR count). The number of nitrogens with zero attached hydrogens (tertiary/aromatic N) is 2. The molecule has 1 aliphatic heterocycles. The smallest absolute Gasteiger partial charge is 0.414 e. The zero-order valence-corrected chi connectivity index (χ0v) is 12.3. The minimum Gasteiger partial charge on any atom is -0.444 e. The van der Waals surface area contributed by atoms with Crippen molar-refractivity contribution >= 4 is 12.0 Å². The Morgan fingerprint density at radius 2 is 1.90 bits per heavy atom. The van der Waals surface area contributed by atoms with Crippen molar-refractivity contribution in [1.29, 1.82) is 0 Å². The molecule has 0 atom stereocenters. The maximum Gasteiger partial charge on any atom is 0.414 e. The van der Waals surface area contributed by atoms with Crippen molar-refractivity contribution in [3.05, 3.63) is 18.0 Å². The van der Waals surface area contributed by atoms with Crippen LogP contribution in [0.4, 0.5) is 10.7 Å². The van der Waals surface area contributed by atoms with Gasteiger partial charge in [-0.1, -0.05) is 0 Å². The van der Waals surface area contributed by atoms with Gasteiger partial charge in [-0.2, -0.15) is 0 Å². The second-order valence-electron chi connectivity index (χ2n) is 5.99. The van der Waals surface area contributed by atoms with E-state index in [1.54, 1.807) is 12.4 Å². The van der Waals surface area contributed by atoms with Crippen molar-refractivity contribution in [2.75, 3.05) is 18.4 Å². The van der Waals surface area contributed by atoms with Crippen molar-refractivity contribution < 1.29 is 9.53 Å². The van der Waals surface area contributed by atoms with Crippen molar-refractivity contribution in [3.8, 4) is 0 Å². The second-order valence-corrected chi connectivity index (χ2v) is 5.99. The Kier molecular flexibility index (Phi) is 4.54. The summed E-state index contributed by atoms with van der Waals surface area (Å²) < 4.78 is 5.15. The highest BCUT2D eigenvalue weighted by Gasteiger charge is 2.18. The molecule has 2 N–H and O–H groups in total. The van der Waals surface area contributed by atoms with E-state index in [4.69, 9.17) is 4.74 Å². The molecule has 0 aliphatic carbocycles. The lowest BCUT2D eigenvalue weighted by atomic mass is 9.92. The first-order chi connectivity index (χ1) is 9.44. The molecule has 2 heterocycles. The number of carbonyl (C=O) groups excluding carboxylic acids is 1. The summed E-state index contributed by atoms with van der Waals surface area (Å²) in [5.41, 5.74) is 0.597. The summed E-state index contributed by atoms with van der Waals surface area (Å²) in [6.07, 6.45) is 5.24. The van der Waals surface area contributed by atoms with Gasteiger partial charge in [0.2, 0.25) is 5.95 Å². The van der Waals surface area contributed by atoms with E-state index < -0.39 is 11.7 Å². The minimum atomic E-state index is -0.535. The molecule has 0 radical (unpaired) electrons. The molecule has 6 heteroatoms. The number of piperidine rings is 1. The van der Waals surface area contributed by atoms with Gasteiger partial charge in [0.05, 0.1) is 0 Å². The Labute approximate surface area is 119 Å². The summed E-state index contributed by atoms with van der Waals surface area (Å²) in [6, 6.07) is 0. The van der Waals surface area contributed by atoms with E-state index in [9.17, 15) is 4.79 Å². The molecular formula is C14H22N4O2. The van der Waals surface area contributed by atoms with Crippen LogP contribution in [-0.4, -0.2) is 34.8 Å². The third kappa shape index (κ3) is 4.45. The molecule has 1 fully saturated rings. The third-order valence-electron chi connectivity index (χ3n) is 3.10. The van der Waals surface area contributed by atoms with Crippen LogP contribution < -0.4 is 10.6 Å². The fourth-order valence-electron chi connectivity index (χ4n) is 2.16. The van der Waals surface area contributed by atoms with E-state index in [1.165, 1.54) is 0 Å². The average molecular weight is 278 g/mol. The molecule has 1 aliphatic rings. The molecular weight excluding hydrogens is 256 g/mol. The number of anilines is 1. The van der Waals surface area contributed by atoms with Crippen molar-refractivity contribution in [2.45, 2.75) is 45.1 Å². The fraction of sp³-hybridized carbons (Fsp3) is 0.643. The van der Waals surface area contributed by atoms with Gasteiger partial charge >= 0.3 is 6.09 Å². The van der Waals surface area contributed by atoms with E-state index in [0.29, 0.717) is 5.92 Å². The van der Waals surface area contributed by atoms with E-state index in [1.807, 2.05) is 20.8 Å². The van der Waals surface area contributed by atoms with E-state index in [-0.39, 0.29) is 5.95 Å². The number of hydrogen-bond acceptors (Lipinski definition) is 5. The molecule has 20 heavy (non-hydrogen) atoms. The molecule has 0 bridgehead atoms. The monoisotopic (exact) mass is 278 g/mol. The van der Waals surface area contributed by atoms with Crippen LogP contribution in [0.1, 0.15) is 45.1 Å². The number of carbonyl (C=O) groups is 1. The van der Waals surface area contributed by atoms with E-state index in [0.717, 1.165) is 31.5 Å². The van der Waals surface area contributed by atoms with Gasteiger partial charge < -0.3 is 10.1 Å². The number of nitrogens with one attached hydrogen (secondary N) is 2. The van der Waals surface area contributed by atoms with Crippen molar-refractivity contribution in [3.63, 3.8) is 0 Å². The van der Waals surface area contributed by atoms with Crippen LogP contribution in [-0.2, 0) is 4.74 Å². The van der Waals surface area contributed by atoms with Crippen LogP contribution in [0.15, 0.2) is 12.4 Å². The van der Waals surface area contributed by atoms with Gasteiger partial charge in [0.1, 0.15) is 5.60 Å². The predicted octanol–water partition coefficient (Wildman–Crippen LogP) is 2.29. The lowest BCUT2D eigenvalue weighted by molar-refractivity contribution is 0.0634. The predicted molar refractivity (Wildman–Crippen MR) is 76.7 cm³/mol. The van der Waals surface area contributed by atoms with Crippen LogP contribution in [0.3, 0.4) is 0 Å². The SMILES string of the molecule is CC(C)(C)OC(=O)Nc1ncc(C2CCNCC2)cn1. The number of hydrogen-bond donors (Lipinski definition) is 2. The number of rotatable bonds is 2. The number of ether oxygens (including phenoxy) is 1. The number of amides is 1. The highest BCUT2D eigenvalue weighted by atomic mass is 16.6. The van der Waals surface area contributed by atoms with Crippen LogP contribution in [0.5, 0.6) is 0 Å². The topological polar surface area (TPSA) is 76.1 Å². The lowest BCUT2D eigenvalue weighted by Gasteiger charge is -2.22. The highest BCUT2D eigenvalue weighted by molar-refractivity contribution is 5.82.